The minimum atomic E-state index is -3.34. The van der Waals surface area contributed by atoms with Crippen molar-refractivity contribution < 1.29 is 13.2 Å². The molecule has 19 heavy (non-hydrogen) atoms. The number of anilines is 1. The lowest BCUT2D eigenvalue weighted by Crippen LogP contribution is -2.41. The first-order valence-corrected chi connectivity index (χ1v) is 8.20. The summed E-state index contributed by atoms with van der Waals surface area (Å²) in [6.07, 6.45) is 0. The number of halogens is 2. The predicted octanol–water partition coefficient (Wildman–Crippen LogP) is 2.71. The molecule has 0 heterocycles. The summed E-state index contributed by atoms with van der Waals surface area (Å²) in [5, 5.41) is 3.10. The largest absolute Gasteiger partial charge is 0.325 e. The van der Waals surface area contributed by atoms with Crippen LogP contribution in [-0.4, -0.2) is 30.7 Å². The van der Waals surface area contributed by atoms with Gasteiger partial charge < -0.3 is 5.32 Å². The molecule has 1 aromatic rings. The van der Waals surface area contributed by atoms with Crippen molar-refractivity contribution in [2.45, 2.75) is 18.7 Å². The lowest BCUT2D eigenvalue weighted by molar-refractivity contribution is -0.117. The summed E-state index contributed by atoms with van der Waals surface area (Å²) in [4.78, 5) is 10.5. The Kier molecular flexibility index (Phi) is 5.24. The van der Waals surface area contributed by atoms with Crippen LogP contribution < -0.4 is 5.32 Å². The van der Waals surface area contributed by atoms with Crippen LogP contribution in [0.4, 0.5) is 5.69 Å². The summed E-state index contributed by atoms with van der Waals surface area (Å²) in [7, 11) is -3.34. The highest BCUT2D eigenvalue weighted by Crippen LogP contribution is 2.21. The molecule has 0 aliphatic carbocycles. The minimum Gasteiger partial charge on any atom is -0.325 e. The lowest BCUT2D eigenvalue weighted by Gasteiger charge is -2.20. The number of hydrogen-bond donors (Lipinski definition) is 1. The summed E-state index contributed by atoms with van der Waals surface area (Å²) >= 11 is 11.7. The molecule has 106 valence electrons. The van der Waals surface area contributed by atoms with Crippen LogP contribution in [0.5, 0.6) is 0 Å². The molecule has 0 unspecified atom stereocenters. The lowest BCUT2D eigenvalue weighted by atomic mass is 10.2. The molecule has 1 N–H and O–H groups in total. The standard InChI is InChI=1S/C12H15Cl2NO3S/c1-3-19(17,18)8-12(2,14)11(16)15-10-6-4-9(13)5-7-10/h4-7H,3,8H2,1-2H3,(H,15,16)/t12-/m1/s1. The molecule has 0 aliphatic heterocycles. The van der Waals surface area contributed by atoms with E-state index < -0.39 is 26.4 Å². The second kappa shape index (κ2) is 6.11. The van der Waals surface area contributed by atoms with Crippen molar-refractivity contribution in [1.29, 1.82) is 0 Å². The van der Waals surface area contributed by atoms with Crippen LogP contribution in [0.15, 0.2) is 24.3 Å². The molecule has 0 saturated heterocycles. The molecule has 0 aliphatic rings. The topological polar surface area (TPSA) is 63.2 Å². The molecule has 1 aromatic carbocycles. The fraction of sp³-hybridized carbons (Fsp3) is 0.417. The molecule has 0 aromatic heterocycles. The van der Waals surface area contributed by atoms with Crippen LogP contribution in [0.1, 0.15) is 13.8 Å². The molecule has 0 bridgehead atoms. The molecule has 0 fully saturated rings. The zero-order valence-corrected chi connectivity index (χ0v) is 12.9. The zero-order valence-electron chi connectivity index (χ0n) is 10.6. The summed E-state index contributed by atoms with van der Waals surface area (Å²) in [5.41, 5.74) is 0.509. The van der Waals surface area contributed by atoms with Gasteiger partial charge in [-0.1, -0.05) is 18.5 Å². The van der Waals surface area contributed by atoms with Crippen LogP contribution >= 0.6 is 23.2 Å². The van der Waals surface area contributed by atoms with E-state index in [-0.39, 0.29) is 5.75 Å². The van der Waals surface area contributed by atoms with E-state index in [9.17, 15) is 13.2 Å². The van der Waals surface area contributed by atoms with Gasteiger partial charge in [0.05, 0.1) is 5.75 Å². The molecule has 1 atom stereocenters. The Hall–Kier alpha value is -0.780. The number of rotatable bonds is 5. The highest BCUT2D eigenvalue weighted by molar-refractivity contribution is 7.91. The molecule has 0 radical (unpaired) electrons. The number of nitrogens with one attached hydrogen (secondary N) is 1. The maximum atomic E-state index is 12.0. The molecule has 0 saturated carbocycles. The Morgan fingerprint density at radius 1 is 1.32 bits per heavy atom. The zero-order chi connectivity index (χ0) is 14.7. The fourth-order valence-corrected chi connectivity index (χ4v) is 3.21. The second-order valence-electron chi connectivity index (χ2n) is 4.34. The smallest absolute Gasteiger partial charge is 0.246 e. The van der Waals surface area contributed by atoms with E-state index in [4.69, 9.17) is 23.2 Å². The van der Waals surface area contributed by atoms with Gasteiger partial charge in [-0.2, -0.15) is 0 Å². The molecule has 4 nitrogen and oxygen atoms in total. The number of alkyl halides is 1. The highest BCUT2D eigenvalue weighted by atomic mass is 35.5. The maximum Gasteiger partial charge on any atom is 0.246 e. The third-order valence-corrected chi connectivity index (χ3v) is 5.12. The van der Waals surface area contributed by atoms with Gasteiger partial charge in [0.25, 0.3) is 0 Å². The van der Waals surface area contributed by atoms with Crippen LogP contribution in [0.2, 0.25) is 5.02 Å². The van der Waals surface area contributed by atoms with Crippen molar-refractivity contribution in [2.75, 3.05) is 16.8 Å². The summed E-state index contributed by atoms with van der Waals surface area (Å²) in [6, 6.07) is 6.46. The Labute approximate surface area is 123 Å². The Balaban J connectivity index is 2.79. The van der Waals surface area contributed by atoms with Gasteiger partial charge in [0.15, 0.2) is 9.84 Å². The van der Waals surface area contributed by atoms with E-state index in [0.717, 1.165) is 0 Å². The van der Waals surface area contributed by atoms with Crippen molar-refractivity contribution in [1.82, 2.24) is 0 Å². The van der Waals surface area contributed by atoms with E-state index in [2.05, 4.69) is 5.32 Å². The first-order valence-electron chi connectivity index (χ1n) is 5.62. The van der Waals surface area contributed by atoms with Gasteiger partial charge >= 0.3 is 0 Å². The Morgan fingerprint density at radius 2 is 1.84 bits per heavy atom. The maximum absolute atomic E-state index is 12.0. The molecule has 1 rings (SSSR count). The van der Waals surface area contributed by atoms with E-state index in [1.165, 1.54) is 13.8 Å². The van der Waals surface area contributed by atoms with E-state index in [1.807, 2.05) is 0 Å². The highest BCUT2D eigenvalue weighted by Gasteiger charge is 2.35. The summed E-state index contributed by atoms with van der Waals surface area (Å²) < 4.78 is 23.1. The van der Waals surface area contributed by atoms with Gasteiger partial charge in [0.1, 0.15) is 4.87 Å². The number of benzene rings is 1. The monoisotopic (exact) mass is 323 g/mol. The Morgan fingerprint density at radius 3 is 2.32 bits per heavy atom. The molecule has 0 spiro atoms. The average molecular weight is 324 g/mol. The predicted molar refractivity (Wildman–Crippen MR) is 78.7 cm³/mol. The third-order valence-electron chi connectivity index (χ3n) is 2.51. The number of carbonyl (C=O) groups is 1. The van der Waals surface area contributed by atoms with Gasteiger partial charge in [-0.15, -0.1) is 11.6 Å². The number of carbonyl (C=O) groups excluding carboxylic acids is 1. The molecule has 1 amide bonds. The van der Waals surface area contributed by atoms with Crippen LogP contribution in [0.25, 0.3) is 0 Å². The quantitative estimate of drug-likeness (QED) is 0.847. The van der Waals surface area contributed by atoms with Gasteiger partial charge in [-0.25, -0.2) is 8.42 Å². The number of hydrogen-bond acceptors (Lipinski definition) is 3. The minimum absolute atomic E-state index is 0.0520. The Bertz CT molecular complexity index is 553. The van der Waals surface area contributed by atoms with Crippen molar-refractivity contribution in [3.8, 4) is 0 Å². The fourth-order valence-electron chi connectivity index (χ4n) is 1.38. The van der Waals surface area contributed by atoms with Gasteiger partial charge in [0, 0.05) is 16.5 Å². The first kappa shape index (κ1) is 16.3. The van der Waals surface area contributed by atoms with Gasteiger partial charge in [-0.3, -0.25) is 4.79 Å². The van der Waals surface area contributed by atoms with E-state index in [1.54, 1.807) is 24.3 Å². The second-order valence-corrected chi connectivity index (χ2v) is 7.96. The van der Waals surface area contributed by atoms with Crippen molar-refractivity contribution in [2.24, 2.45) is 0 Å². The number of amides is 1. The molecular weight excluding hydrogens is 309 g/mol. The normalized spacial score (nSPS) is 14.7. The van der Waals surface area contributed by atoms with E-state index in [0.29, 0.717) is 10.7 Å². The van der Waals surface area contributed by atoms with Gasteiger partial charge in [0.2, 0.25) is 5.91 Å². The van der Waals surface area contributed by atoms with E-state index >= 15 is 0 Å². The molecular formula is C12H15Cl2NO3S. The summed E-state index contributed by atoms with van der Waals surface area (Å²) in [5.74, 6) is -1.02. The van der Waals surface area contributed by atoms with Crippen molar-refractivity contribution in [3.05, 3.63) is 29.3 Å². The average Bonchev–Trinajstić information content (AvgIpc) is 2.31. The van der Waals surface area contributed by atoms with Crippen molar-refractivity contribution >= 4 is 44.6 Å². The van der Waals surface area contributed by atoms with Gasteiger partial charge in [-0.05, 0) is 31.2 Å². The van der Waals surface area contributed by atoms with Crippen LogP contribution in [0.3, 0.4) is 0 Å². The third kappa shape index (κ3) is 5.01. The number of sulfone groups is 1. The van der Waals surface area contributed by atoms with Crippen molar-refractivity contribution in [3.63, 3.8) is 0 Å². The first-order chi connectivity index (χ1) is 8.66. The summed E-state index contributed by atoms with van der Waals surface area (Å²) in [6.45, 7) is 2.90. The van der Waals surface area contributed by atoms with Crippen LogP contribution in [0, 0.1) is 0 Å². The van der Waals surface area contributed by atoms with Crippen LogP contribution in [-0.2, 0) is 14.6 Å². The SMILES string of the molecule is CCS(=O)(=O)C[C@@](C)(Cl)C(=O)Nc1ccc(Cl)cc1. The molecule has 7 heteroatoms.